The number of rotatable bonds is 4. The van der Waals surface area contributed by atoms with Crippen LogP contribution in [-0.4, -0.2) is 15.7 Å². The molecule has 4 nitrogen and oxygen atoms in total. The Morgan fingerprint density at radius 2 is 1.70 bits per heavy atom. The van der Waals surface area contributed by atoms with Gasteiger partial charge in [-0.05, 0) is 43.2 Å². The van der Waals surface area contributed by atoms with E-state index in [1.54, 1.807) is 48.5 Å². The number of carbonyl (C=O) groups excluding carboxylic acids is 1. The molecule has 0 fully saturated rings. The van der Waals surface area contributed by atoms with Crippen LogP contribution < -0.4 is 4.74 Å². The lowest BCUT2D eigenvalue weighted by Crippen LogP contribution is -2.12. The lowest BCUT2D eigenvalue weighted by Gasteiger charge is -2.08. The SMILES string of the molecule is CCc1ccc(C(=O)Oc2cc(C(F)(F)F)nn2-c2ccc(C)cc2)cc1. The van der Waals surface area contributed by atoms with Crippen LogP contribution in [0.15, 0.2) is 54.6 Å². The van der Waals surface area contributed by atoms with Crippen molar-refractivity contribution in [1.82, 2.24) is 9.78 Å². The second kappa shape index (κ2) is 7.26. The smallest absolute Gasteiger partial charge is 0.404 e. The molecule has 0 aliphatic carbocycles. The van der Waals surface area contributed by atoms with E-state index in [0.717, 1.165) is 28.3 Å². The maximum absolute atomic E-state index is 13.1. The highest BCUT2D eigenvalue weighted by atomic mass is 19.4. The second-order valence-corrected chi connectivity index (χ2v) is 6.05. The van der Waals surface area contributed by atoms with Crippen molar-refractivity contribution in [3.8, 4) is 11.6 Å². The van der Waals surface area contributed by atoms with Gasteiger partial charge in [0.05, 0.1) is 11.3 Å². The summed E-state index contributed by atoms with van der Waals surface area (Å²) in [4.78, 5) is 12.4. The molecule has 0 amide bonds. The third-order valence-electron chi connectivity index (χ3n) is 4.04. The van der Waals surface area contributed by atoms with E-state index < -0.39 is 17.8 Å². The molecule has 0 radical (unpaired) electrons. The Labute approximate surface area is 154 Å². The van der Waals surface area contributed by atoms with Crippen LogP contribution in [0.1, 0.15) is 34.1 Å². The average Bonchev–Trinajstić information content (AvgIpc) is 3.06. The molecule has 0 saturated carbocycles. The summed E-state index contributed by atoms with van der Waals surface area (Å²) < 4.78 is 45.5. The number of nitrogens with zero attached hydrogens (tertiary/aromatic N) is 2. The summed E-state index contributed by atoms with van der Waals surface area (Å²) >= 11 is 0. The van der Waals surface area contributed by atoms with Gasteiger partial charge in [0.25, 0.3) is 0 Å². The summed E-state index contributed by atoms with van der Waals surface area (Å²) in [5.74, 6) is -1.05. The quantitative estimate of drug-likeness (QED) is 0.605. The topological polar surface area (TPSA) is 44.1 Å². The van der Waals surface area contributed by atoms with Crippen molar-refractivity contribution >= 4 is 5.97 Å². The molecule has 27 heavy (non-hydrogen) atoms. The third-order valence-corrected chi connectivity index (χ3v) is 4.04. The van der Waals surface area contributed by atoms with E-state index in [2.05, 4.69) is 5.10 Å². The number of hydrogen-bond acceptors (Lipinski definition) is 3. The summed E-state index contributed by atoms with van der Waals surface area (Å²) in [6.45, 7) is 3.83. The summed E-state index contributed by atoms with van der Waals surface area (Å²) in [5.41, 5.74) is 1.46. The van der Waals surface area contributed by atoms with Gasteiger partial charge in [-0.3, -0.25) is 0 Å². The van der Waals surface area contributed by atoms with Gasteiger partial charge in [-0.1, -0.05) is 36.8 Å². The molecule has 0 aliphatic heterocycles. The first kappa shape index (κ1) is 18.7. The zero-order valence-corrected chi connectivity index (χ0v) is 14.7. The van der Waals surface area contributed by atoms with Crippen molar-refractivity contribution < 1.29 is 22.7 Å². The third kappa shape index (κ3) is 4.19. The van der Waals surface area contributed by atoms with Crippen molar-refractivity contribution in [3.63, 3.8) is 0 Å². The molecule has 1 aromatic heterocycles. The molecule has 0 aliphatic rings. The Hall–Kier alpha value is -3.09. The van der Waals surface area contributed by atoms with Gasteiger partial charge in [0.15, 0.2) is 5.69 Å². The van der Waals surface area contributed by atoms with Crippen LogP contribution in [0.4, 0.5) is 13.2 Å². The fourth-order valence-corrected chi connectivity index (χ4v) is 2.48. The van der Waals surface area contributed by atoms with Crippen LogP contribution in [0, 0.1) is 6.92 Å². The van der Waals surface area contributed by atoms with Gasteiger partial charge >= 0.3 is 12.1 Å². The number of hydrogen-bond donors (Lipinski definition) is 0. The van der Waals surface area contributed by atoms with Crippen LogP contribution in [0.25, 0.3) is 5.69 Å². The Kier molecular flexibility index (Phi) is 5.03. The molecule has 2 aromatic carbocycles. The van der Waals surface area contributed by atoms with E-state index in [1.807, 2.05) is 13.8 Å². The van der Waals surface area contributed by atoms with Gasteiger partial charge in [-0.15, -0.1) is 0 Å². The largest absolute Gasteiger partial charge is 0.435 e. The summed E-state index contributed by atoms with van der Waals surface area (Å²) in [6.07, 6.45) is -3.84. The molecule has 3 aromatic rings. The highest BCUT2D eigenvalue weighted by Crippen LogP contribution is 2.32. The number of halogens is 3. The zero-order valence-electron chi connectivity index (χ0n) is 14.7. The molecule has 0 atom stereocenters. The van der Waals surface area contributed by atoms with Crippen molar-refractivity contribution in [2.45, 2.75) is 26.4 Å². The summed E-state index contributed by atoms with van der Waals surface area (Å²) in [7, 11) is 0. The second-order valence-electron chi connectivity index (χ2n) is 6.05. The Bertz CT molecular complexity index is 943. The number of aryl methyl sites for hydroxylation is 2. The summed E-state index contributed by atoms with van der Waals surface area (Å²) in [6, 6.07) is 14.1. The summed E-state index contributed by atoms with van der Waals surface area (Å²) in [5, 5.41) is 3.57. The maximum atomic E-state index is 13.1. The molecular weight excluding hydrogens is 357 g/mol. The fraction of sp³-hybridized carbons (Fsp3) is 0.200. The predicted octanol–water partition coefficient (Wildman–Crippen LogP) is 4.98. The number of aromatic nitrogens is 2. The Balaban J connectivity index is 1.96. The van der Waals surface area contributed by atoms with Gasteiger partial charge in [-0.25, -0.2) is 9.48 Å². The van der Waals surface area contributed by atoms with Crippen LogP contribution in [0.5, 0.6) is 5.88 Å². The average molecular weight is 374 g/mol. The first-order valence-corrected chi connectivity index (χ1v) is 8.33. The number of carbonyl (C=O) groups is 1. The minimum absolute atomic E-state index is 0.248. The van der Waals surface area contributed by atoms with Crippen molar-refractivity contribution in [2.24, 2.45) is 0 Å². The van der Waals surface area contributed by atoms with Crippen molar-refractivity contribution in [3.05, 3.63) is 77.0 Å². The fourth-order valence-electron chi connectivity index (χ4n) is 2.48. The minimum Gasteiger partial charge on any atom is -0.404 e. The van der Waals surface area contributed by atoms with Crippen molar-refractivity contribution in [1.29, 1.82) is 0 Å². The normalized spacial score (nSPS) is 11.4. The van der Waals surface area contributed by atoms with E-state index >= 15 is 0 Å². The van der Waals surface area contributed by atoms with Crippen LogP contribution in [0.2, 0.25) is 0 Å². The molecule has 0 unspecified atom stereocenters. The van der Waals surface area contributed by atoms with Crippen LogP contribution >= 0.6 is 0 Å². The molecule has 1 heterocycles. The molecule has 7 heteroatoms. The first-order chi connectivity index (χ1) is 12.8. The van der Waals surface area contributed by atoms with Crippen molar-refractivity contribution in [2.75, 3.05) is 0 Å². The molecule has 0 bridgehead atoms. The standard InChI is InChI=1S/C20H17F3N2O2/c1-3-14-6-8-15(9-7-14)19(26)27-18-12-17(20(21,22)23)24-25(18)16-10-4-13(2)5-11-16/h4-12H,3H2,1-2H3. The van der Waals surface area contributed by atoms with Gasteiger partial charge in [0.2, 0.25) is 5.88 Å². The predicted molar refractivity (Wildman–Crippen MR) is 94.1 cm³/mol. The van der Waals surface area contributed by atoms with E-state index in [9.17, 15) is 18.0 Å². The molecular formula is C20H17F3N2O2. The Morgan fingerprint density at radius 1 is 1.07 bits per heavy atom. The van der Waals surface area contributed by atoms with Crippen LogP contribution in [-0.2, 0) is 12.6 Å². The molecule has 0 N–H and O–H groups in total. The van der Waals surface area contributed by atoms with Gasteiger partial charge < -0.3 is 4.74 Å². The highest BCUT2D eigenvalue weighted by molar-refractivity contribution is 5.91. The van der Waals surface area contributed by atoms with E-state index in [-0.39, 0.29) is 11.4 Å². The number of benzene rings is 2. The molecule has 140 valence electrons. The number of esters is 1. The number of alkyl halides is 3. The lowest BCUT2D eigenvalue weighted by atomic mass is 10.1. The van der Waals surface area contributed by atoms with Gasteiger partial charge in [0.1, 0.15) is 0 Å². The monoisotopic (exact) mass is 374 g/mol. The molecule has 0 spiro atoms. The molecule has 3 rings (SSSR count). The van der Waals surface area contributed by atoms with Gasteiger partial charge in [-0.2, -0.15) is 18.3 Å². The van der Waals surface area contributed by atoms with E-state index in [4.69, 9.17) is 4.74 Å². The minimum atomic E-state index is -4.65. The van der Waals surface area contributed by atoms with E-state index in [1.165, 1.54) is 0 Å². The number of ether oxygens (including phenoxy) is 1. The Morgan fingerprint density at radius 3 is 2.26 bits per heavy atom. The zero-order chi connectivity index (χ0) is 19.6. The maximum Gasteiger partial charge on any atom is 0.435 e. The lowest BCUT2D eigenvalue weighted by molar-refractivity contribution is -0.141. The highest BCUT2D eigenvalue weighted by Gasteiger charge is 2.36. The van der Waals surface area contributed by atoms with Gasteiger partial charge in [0, 0.05) is 6.07 Å². The molecule has 0 saturated heterocycles. The first-order valence-electron chi connectivity index (χ1n) is 8.33. The van der Waals surface area contributed by atoms with Crippen LogP contribution in [0.3, 0.4) is 0 Å². The van der Waals surface area contributed by atoms with E-state index in [0.29, 0.717) is 5.69 Å².